The summed E-state index contributed by atoms with van der Waals surface area (Å²) in [6, 6.07) is 3.50. The van der Waals surface area contributed by atoms with Gasteiger partial charge in [-0.15, -0.1) is 0 Å². The lowest BCUT2D eigenvalue weighted by Crippen LogP contribution is -2.11. The van der Waals surface area contributed by atoms with Crippen molar-refractivity contribution in [2.75, 3.05) is 0 Å². The van der Waals surface area contributed by atoms with Crippen LogP contribution in [0, 0.1) is 5.82 Å². The molecule has 0 bridgehead atoms. The molecule has 0 saturated carbocycles. The molecule has 0 heterocycles. The Morgan fingerprint density at radius 2 is 1.69 bits per heavy atom. The molecule has 1 rings (SSSR count). The minimum atomic E-state index is -0.223. The minimum absolute atomic E-state index is 0.0238. The Hall–Kier alpha value is 0.110. The summed E-state index contributed by atoms with van der Waals surface area (Å²) in [5, 5.41) is 0. The first-order chi connectivity index (χ1) is 5.82. The third kappa shape index (κ3) is 2.53. The lowest BCUT2D eigenvalue weighted by Gasteiger charge is -2.19. The van der Waals surface area contributed by atoms with E-state index in [1.165, 1.54) is 0 Å². The Labute approximate surface area is 94.8 Å². The van der Waals surface area contributed by atoms with Crippen molar-refractivity contribution < 1.29 is 4.39 Å². The average molecular weight is 310 g/mol. The Morgan fingerprint density at radius 3 is 2.08 bits per heavy atom. The fraction of sp³-hybridized carbons (Fsp3) is 0.400. The van der Waals surface area contributed by atoms with Gasteiger partial charge >= 0.3 is 0 Å². The number of benzene rings is 1. The number of halogens is 3. The average Bonchev–Trinajstić information content (AvgIpc) is 1.97. The summed E-state index contributed by atoms with van der Waals surface area (Å²) in [6.45, 7) is 6.17. The van der Waals surface area contributed by atoms with Gasteiger partial charge in [0.05, 0.1) is 4.47 Å². The topological polar surface area (TPSA) is 0 Å². The van der Waals surface area contributed by atoms with E-state index in [2.05, 4.69) is 52.6 Å². The number of rotatable bonds is 0. The summed E-state index contributed by atoms with van der Waals surface area (Å²) in [5.74, 6) is -0.223. The van der Waals surface area contributed by atoms with Gasteiger partial charge in [-0.2, -0.15) is 0 Å². The Bertz CT molecular complexity index is 303. The first kappa shape index (κ1) is 11.2. The van der Waals surface area contributed by atoms with Gasteiger partial charge in [-0.25, -0.2) is 4.39 Å². The van der Waals surface area contributed by atoms with Crippen LogP contribution in [0.3, 0.4) is 0 Å². The van der Waals surface area contributed by atoms with Crippen molar-refractivity contribution in [3.05, 3.63) is 32.5 Å². The first-order valence-electron chi connectivity index (χ1n) is 3.97. The Kier molecular flexibility index (Phi) is 3.18. The number of hydrogen-bond donors (Lipinski definition) is 0. The monoisotopic (exact) mass is 308 g/mol. The van der Waals surface area contributed by atoms with Gasteiger partial charge in [0, 0.05) is 4.47 Å². The lowest BCUT2D eigenvalue weighted by atomic mass is 9.87. The molecule has 0 aliphatic carbocycles. The predicted molar refractivity (Wildman–Crippen MR) is 60.5 cm³/mol. The first-order valence-corrected chi connectivity index (χ1v) is 5.56. The largest absolute Gasteiger partial charge is 0.206 e. The predicted octanol–water partition coefficient (Wildman–Crippen LogP) is 4.65. The van der Waals surface area contributed by atoms with E-state index < -0.39 is 0 Å². The van der Waals surface area contributed by atoms with Gasteiger partial charge in [-0.3, -0.25) is 0 Å². The van der Waals surface area contributed by atoms with Crippen LogP contribution in [0.5, 0.6) is 0 Å². The molecule has 1 aromatic carbocycles. The van der Waals surface area contributed by atoms with E-state index in [0.29, 0.717) is 4.47 Å². The van der Waals surface area contributed by atoms with Crippen molar-refractivity contribution in [2.45, 2.75) is 26.2 Å². The second-order valence-corrected chi connectivity index (χ2v) is 5.65. The Balaban J connectivity index is 3.29. The molecule has 0 amide bonds. The van der Waals surface area contributed by atoms with E-state index in [9.17, 15) is 4.39 Å². The van der Waals surface area contributed by atoms with Crippen LogP contribution in [0.4, 0.5) is 4.39 Å². The van der Waals surface area contributed by atoms with Crippen LogP contribution in [0.15, 0.2) is 21.1 Å². The molecular weight excluding hydrogens is 299 g/mol. The molecule has 13 heavy (non-hydrogen) atoms. The maximum atomic E-state index is 13.3. The highest BCUT2D eigenvalue weighted by Crippen LogP contribution is 2.32. The summed E-state index contributed by atoms with van der Waals surface area (Å²) in [5.41, 5.74) is 0.962. The summed E-state index contributed by atoms with van der Waals surface area (Å²) >= 11 is 6.46. The summed E-state index contributed by atoms with van der Waals surface area (Å²) in [7, 11) is 0. The smallest absolute Gasteiger partial charge is 0.138 e. The molecule has 0 spiro atoms. The summed E-state index contributed by atoms with van der Waals surface area (Å²) in [4.78, 5) is 0. The molecule has 0 atom stereocenters. The molecule has 0 radical (unpaired) electrons. The third-order valence-corrected chi connectivity index (χ3v) is 3.81. The molecule has 0 saturated heterocycles. The van der Waals surface area contributed by atoms with Crippen molar-refractivity contribution in [2.24, 2.45) is 0 Å². The van der Waals surface area contributed by atoms with Gasteiger partial charge in [0.1, 0.15) is 5.82 Å². The van der Waals surface area contributed by atoms with E-state index in [1.54, 1.807) is 6.07 Å². The highest BCUT2D eigenvalue weighted by Gasteiger charge is 2.17. The van der Waals surface area contributed by atoms with Crippen LogP contribution >= 0.6 is 31.9 Å². The van der Waals surface area contributed by atoms with Gasteiger partial charge in [0.2, 0.25) is 0 Å². The highest BCUT2D eigenvalue weighted by atomic mass is 79.9. The van der Waals surface area contributed by atoms with Crippen LogP contribution < -0.4 is 0 Å². The molecular formula is C10H11Br2F. The molecule has 1 aromatic rings. The van der Waals surface area contributed by atoms with Crippen LogP contribution in [-0.2, 0) is 5.41 Å². The molecule has 0 fully saturated rings. The fourth-order valence-electron chi connectivity index (χ4n) is 0.989. The third-order valence-electron chi connectivity index (χ3n) is 1.85. The molecule has 72 valence electrons. The van der Waals surface area contributed by atoms with Gasteiger partial charge in [-0.05, 0) is 55.0 Å². The van der Waals surface area contributed by atoms with Gasteiger partial charge in [0.15, 0.2) is 0 Å². The van der Waals surface area contributed by atoms with Gasteiger partial charge in [-0.1, -0.05) is 20.8 Å². The van der Waals surface area contributed by atoms with Crippen molar-refractivity contribution in [3.63, 3.8) is 0 Å². The maximum Gasteiger partial charge on any atom is 0.138 e. The van der Waals surface area contributed by atoms with E-state index in [-0.39, 0.29) is 11.2 Å². The zero-order valence-electron chi connectivity index (χ0n) is 7.79. The fourth-order valence-corrected chi connectivity index (χ4v) is 1.65. The second-order valence-electron chi connectivity index (χ2n) is 4.00. The molecule has 0 unspecified atom stereocenters. The van der Waals surface area contributed by atoms with Crippen molar-refractivity contribution in [3.8, 4) is 0 Å². The molecule has 3 heteroatoms. The standard InChI is InChI=1S/C10H11Br2F/c1-10(2,3)6-4-7(11)9(12)8(13)5-6/h4-5H,1-3H3. The van der Waals surface area contributed by atoms with Gasteiger partial charge in [0.25, 0.3) is 0 Å². The summed E-state index contributed by atoms with van der Waals surface area (Å²) in [6.07, 6.45) is 0. The van der Waals surface area contributed by atoms with Crippen LogP contribution in [0.1, 0.15) is 26.3 Å². The summed E-state index contributed by atoms with van der Waals surface area (Å²) < 4.78 is 14.5. The maximum absolute atomic E-state index is 13.3. The molecule has 0 aromatic heterocycles. The van der Waals surface area contributed by atoms with E-state index in [1.807, 2.05) is 6.07 Å². The second kappa shape index (κ2) is 3.70. The zero-order valence-corrected chi connectivity index (χ0v) is 11.0. The molecule has 0 aliphatic heterocycles. The SMILES string of the molecule is CC(C)(C)c1cc(F)c(Br)c(Br)c1. The number of hydrogen-bond acceptors (Lipinski definition) is 0. The van der Waals surface area contributed by atoms with Gasteiger partial charge < -0.3 is 0 Å². The zero-order chi connectivity index (χ0) is 10.2. The molecule has 0 N–H and O–H groups in total. The quantitative estimate of drug-likeness (QED) is 0.612. The van der Waals surface area contributed by atoms with Crippen molar-refractivity contribution >= 4 is 31.9 Å². The van der Waals surface area contributed by atoms with Crippen LogP contribution in [0.25, 0.3) is 0 Å². The molecule has 0 aliphatic rings. The van der Waals surface area contributed by atoms with Crippen molar-refractivity contribution in [1.29, 1.82) is 0 Å². The highest BCUT2D eigenvalue weighted by molar-refractivity contribution is 9.13. The Morgan fingerprint density at radius 1 is 1.15 bits per heavy atom. The van der Waals surface area contributed by atoms with Crippen LogP contribution in [0.2, 0.25) is 0 Å². The van der Waals surface area contributed by atoms with E-state index in [0.717, 1.165) is 10.0 Å². The minimum Gasteiger partial charge on any atom is -0.206 e. The lowest BCUT2D eigenvalue weighted by molar-refractivity contribution is 0.569. The van der Waals surface area contributed by atoms with E-state index >= 15 is 0 Å². The molecule has 0 nitrogen and oxygen atoms in total. The van der Waals surface area contributed by atoms with E-state index in [4.69, 9.17) is 0 Å². The van der Waals surface area contributed by atoms with Crippen molar-refractivity contribution in [1.82, 2.24) is 0 Å². The van der Waals surface area contributed by atoms with Crippen LogP contribution in [-0.4, -0.2) is 0 Å². The normalized spacial score (nSPS) is 11.8.